The summed E-state index contributed by atoms with van der Waals surface area (Å²) in [5, 5.41) is 11.9. The minimum absolute atomic E-state index is 0.319. The lowest BCUT2D eigenvalue weighted by Crippen LogP contribution is -2.27. The topological polar surface area (TPSA) is 81.8 Å². The van der Waals surface area contributed by atoms with Crippen molar-refractivity contribution in [3.05, 3.63) is 10.1 Å². The summed E-state index contributed by atoms with van der Waals surface area (Å²) < 4.78 is 4.51. The Kier molecular flexibility index (Phi) is 20.3. The minimum Gasteiger partial charge on any atom is -0.464 e. The number of nitro groups is 1. The van der Waals surface area contributed by atoms with Crippen LogP contribution in [0.25, 0.3) is 0 Å². The summed E-state index contributed by atoms with van der Waals surface area (Å²) in [5.74, 6) is -0.835. The van der Waals surface area contributed by atoms with Gasteiger partial charge in [-0.2, -0.15) is 0 Å². The molecule has 0 aliphatic heterocycles. The molecule has 0 N–H and O–H groups in total. The van der Waals surface area contributed by atoms with Gasteiger partial charge in [0, 0.05) is 0 Å². The van der Waals surface area contributed by atoms with Crippen molar-refractivity contribution in [3.63, 3.8) is 0 Å². The Morgan fingerprint density at radius 1 is 0.833 bits per heavy atom. The Hall–Kier alpha value is -1.17. The summed E-state index contributed by atoms with van der Waals surface area (Å²) in [4.78, 5) is 22.0. The number of rotatable bonds is 21. The van der Waals surface area contributed by atoms with E-state index >= 15 is 0 Å². The van der Waals surface area contributed by atoms with Crippen LogP contribution in [0.15, 0.2) is 5.10 Å². The van der Waals surface area contributed by atoms with E-state index in [1.54, 1.807) is 0 Å². The second-order valence-electron chi connectivity index (χ2n) is 8.13. The largest absolute Gasteiger partial charge is 0.464 e. The maximum atomic E-state index is 11.5. The second-order valence-corrected chi connectivity index (χ2v) is 8.65. The van der Waals surface area contributed by atoms with Gasteiger partial charge in [0.05, 0.1) is 17.6 Å². The van der Waals surface area contributed by atoms with E-state index in [4.69, 9.17) is 11.6 Å². The molecular formula is C23H43ClN2O4. The van der Waals surface area contributed by atoms with Gasteiger partial charge in [0.15, 0.2) is 5.03 Å². The van der Waals surface area contributed by atoms with Crippen LogP contribution in [0.2, 0.25) is 0 Å². The molecular weight excluding hydrogens is 404 g/mol. The molecule has 0 saturated carbocycles. The number of carbonyl (C=O) groups is 1. The van der Waals surface area contributed by atoms with Crippen molar-refractivity contribution >= 4 is 23.3 Å². The predicted molar refractivity (Wildman–Crippen MR) is 125 cm³/mol. The van der Waals surface area contributed by atoms with Crippen LogP contribution in [0.4, 0.5) is 0 Å². The van der Waals surface area contributed by atoms with Crippen molar-refractivity contribution in [2.24, 2.45) is 5.10 Å². The molecule has 0 aliphatic carbocycles. The van der Waals surface area contributed by atoms with E-state index in [0.29, 0.717) is 6.42 Å². The first kappa shape index (κ1) is 28.8. The van der Waals surface area contributed by atoms with Gasteiger partial charge in [-0.05, 0) is 6.42 Å². The lowest BCUT2D eigenvalue weighted by Gasteiger charge is -2.08. The molecule has 0 fully saturated rings. The fraction of sp³-hybridized carbons (Fsp3) is 0.913. The zero-order valence-electron chi connectivity index (χ0n) is 19.2. The minimum atomic E-state index is -0.906. The Balaban J connectivity index is 3.49. The summed E-state index contributed by atoms with van der Waals surface area (Å²) in [7, 11) is 1.16. The molecule has 7 heteroatoms. The molecule has 0 bridgehead atoms. The number of halogens is 1. The van der Waals surface area contributed by atoms with E-state index in [9.17, 15) is 14.9 Å². The first-order valence-corrected chi connectivity index (χ1v) is 12.4. The summed E-state index contributed by atoms with van der Waals surface area (Å²) >= 11 is 6.10. The average Bonchev–Trinajstić information content (AvgIpc) is 2.73. The molecule has 0 radical (unpaired) electrons. The molecule has 0 saturated heterocycles. The normalized spacial score (nSPS) is 12.7. The smallest absolute Gasteiger partial charge is 0.360 e. The van der Waals surface area contributed by atoms with Gasteiger partial charge in [0.25, 0.3) is 0 Å². The van der Waals surface area contributed by atoms with Crippen LogP contribution in [0.3, 0.4) is 0 Å². The molecule has 1 atom stereocenters. The first-order valence-electron chi connectivity index (χ1n) is 12.0. The van der Waals surface area contributed by atoms with Crippen molar-refractivity contribution < 1.29 is 14.6 Å². The second kappa shape index (κ2) is 21.1. The van der Waals surface area contributed by atoms with Crippen LogP contribution in [0, 0.1) is 10.1 Å². The number of nitrogens with zero attached hydrogens (tertiary/aromatic N) is 2. The highest BCUT2D eigenvalue weighted by Crippen LogP contribution is 2.16. The van der Waals surface area contributed by atoms with E-state index < -0.39 is 16.4 Å². The fourth-order valence-corrected chi connectivity index (χ4v) is 3.90. The van der Waals surface area contributed by atoms with Gasteiger partial charge in [-0.15, -0.1) is 11.6 Å². The third-order valence-corrected chi connectivity index (χ3v) is 5.87. The van der Waals surface area contributed by atoms with Crippen molar-refractivity contribution in [1.29, 1.82) is 0 Å². The van der Waals surface area contributed by atoms with Crippen LogP contribution in [-0.2, 0) is 9.53 Å². The predicted octanol–water partition coefficient (Wildman–Crippen LogP) is 7.44. The Bertz CT molecular complexity index is 472. The number of hydrazone groups is 1. The van der Waals surface area contributed by atoms with Gasteiger partial charge < -0.3 is 4.74 Å². The van der Waals surface area contributed by atoms with Gasteiger partial charge in [0.1, 0.15) is 0 Å². The number of esters is 1. The molecule has 0 aromatic carbocycles. The van der Waals surface area contributed by atoms with Gasteiger partial charge in [-0.25, -0.2) is 14.9 Å². The summed E-state index contributed by atoms with van der Waals surface area (Å²) in [6, 6.07) is 0. The summed E-state index contributed by atoms with van der Waals surface area (Å²) in [6.45, 7) is 2.26. The molecule has 0 amide bonds. The Labute approximate surface area is 188 Å². The van der Waals surface area contributed by atoms with Crippen molar-refractivity contribution in [3.8, 4) is 0 Å². The number of hydrogen-bond acceptors (Lipinski definition) is 4. The number of hydrogen-bond donors (Lipinski definition) is 0. The standard InChI is InChI=1S/C23H43ClN2O4/c1-3-4-5-6-7-8-9-10-11-12-13-14-15-16-17-18-19-20-21(24)22(23(27)30-2)25-26(28)29/h21H,3-20H2,1-2H3. The molecule has 0 aromatic rings. The highest BCUT2D eigenvalue weighted by molar-refractivity contribution is 6.49. The Morgan fingerprint density at radius 2 is 1.20 bits per heavy atom. The van der Waals surface area contributed by atoms with Gasteiger partial charge >= 0.3 is 5.97 Å². The number of unbranched alkanes of at least 4 members (excludes halogenated alkanes) is 16. The van der Waals surface area contributed by atoms with E-state index in [1.807, 2.05) is 0 Å². The number of methoxy groups -OCH3 is 1. The van der Waals surface area contributed by atoms with Crippen LogP contribution in [-0.4, -0.2) is 29.2 Å². The van der Waals surface area contributed by atoms with Gasteiger partial charge in [0.2, 0.25) is 5.71 Å². The molecule has 30 heavy (non-hydrogen) atoms. The SMILES string of the molecule is CCCCCCCCCCCCCCCCCCCC(Cl)C(=N[N+](=O)[O-])C(=O)OC. The van der Waals surface area contributed by atoms with Crippen molar-refractivity contribution in [2.45, 2.75) is 128 Å². The van der Waals surface area contributed by atoms with Crippen LogP contribution < -0.4 is 0 Å². The zero-order valence-corrected chi connectivity index (χ0v) is 20.0. The lowest BCUT2D eigenvalue weighted by molar-refractivity contribution is -0.485. The van der Waals surface area contributed by atoms with E-state index in [0.717, 1.165) is 26.4 Å². The molecule has 6 nitrogen and oxygen atoms in total. The first-order chi connectivity index (χ1) is 14.5. The maximum absolute atomic E-state index is 11.5. The number of carbonyl (C=O) groups excluding carboxylic acids is 1. The third kappa shape index (κ3) is 17.7. The number of ether oxygens (including phenoxy) is 1. The molecule has 176 valence electrons. The third-order valence-electron chi connectivity index (χ3n) is 5.44. The van der Waals surface area contributed by atoms with Gasteiger partial charge in [-0.3, -0.25) is 0 Å². The molecule has 0 rings (SSSR count). The summed E-state index contributed by atoms with van der Waals surface area (Å²) in [5.41, 5.74) is -0.319. The zero-order chi connectivity index (χ0) is 22.5. The number of alkyl halides is 1. The monoisotopic (exact) mass is 446 g/mol. The molecule has 0 spiro atoms. The van der Waals surface area contributed by atoms with Crippen molar-refractivity contribution in [2.75, 3.05) is 7.11 Å². The van der Waals surface area contributed by atoms with Crippen LogP contribution >= 0.6 is 11.6 Å². The Morgan fingerprint density at radius 3 is 1.53 bits per heavy atom. The van der Waals surface area contributed by atoms with E-state index in [1.165, 1.54) is 89.9 Å². The van der Waals surface area contributed by atoms with E-state index in [2.05, 4.69) is 16.8 Å². The molecule has 0 aliphatic rings. The highest BCUT2D eigenvalue weighted by Gasteiger charge is 2.25. The lowest BCUT2D eigenvalue weighted by atomic mass is 10.0. The van der Waals surface area contributed by atoms with Crippen LogP contribution in [0.1, 0.15) is 122 Å². The van der Waals surface area contributed by atoms with E-state index in [-0.39, 0.29) is 5.71 Å². The fourth-order valence-electron chi connectivity index (χ4n) is 3.61. The molecule has 1 unspecified atom stereocenters. The molecule has 0 aromatic heterocycles. The quantitative estimate of drug-likeness (QED) is 0.0457. The van der Waals surface area contributed by atoms with Gasteiger partial charge in [-0.1, -0.05) is 116 Å². The van der Waals surface area contributed by atoms with Crippen molar-refractivity contribution in [1.82, 2.24) is 0 Å². The summed E-state index contributed by atoms with van der Waals surface area (Å²) in [6.07, 6.45) is 22.4. The van der Waals surface area contributed by atoms with Crippen LogP contribution in [0.5, 0.6) is 0 Å². The highest BCUT2D eigenvalue weighted by atomic mass is 35.5. The maximum Gasteiger partial charge on any atom is 0.360 e. The molecule has 0 heterocycles. The average molecular weight is 447 g/mol.